The molecule has 2 aliphatic carbocycles. The number of fused-ring (bicyclic) bond motifs is 3. The lowest BCUT2D eigenvalue weighted by Crippen LogP contribution is -2.32. The van der Waals surface area contributed by atoms with E-state index in [4.69, 9.17) is 9.47 Å². The highest BCUT2D eigenvalue weighted by Crippen LogP contribution is 2.64. The number of nitro benzene ring substituents is 1. The fourth-order valence-electron chi connectivity index (χ4n) is 4.45. The molecule has 2 atom stereocenters. The lowest BCUT2D eigenvalue weighted by molar-refractivity contribution is -0.385. The van der Waals surface area contributed by atoms with E-state index in [0.717, 1.165) is 18.6 Å². The molecule has 0 aromatic heterocycles. The number of rotatable bonds is 3. The van der Waals surface area contributed by atoms with Crippen molar-refractivity contribution in [3.8, 4) is 11.5 Å². The number of benzene rings is 1. The first-order chi connectivity index (χ1) is 11.8. The second-order valence-corrected chi connectivity index (χ2v) is 7.81. The van der Waals surface area contributed by atoms with Gasteiger partial charge in [0.2, 0.25) is 6.79 Å². The van der Waals surface area contributed by atoms with Crippen molar-refractivity contribution < 1.29 is 14.4 Å². The molecule has 132 valence electrons. The monoisotopic (exact) mass is 343 g/mol. The number of nitrogens with zero attached hydrogens (tertiary/aromatic N) is 3. The molecule has 0 unspecified atom stereocenters. The summed E-state index contributed by atoms with van der Waals surface area (Å²) < 4.78 is 10.5. The maximum absolute atomic E-state index is 11.3. The second kappa shape index (κ2) is 5.28. The highest BCUT2D eigenvalue weighted by atomic mass is 16.7. The minimum Gasteiger partial charge on any atom is -0.454 e. The van der Waals surface area contributed by atoms with Crippen LogP contribution in [0.5, 0.6) is 11.5 Å². The molecule has 25 heavy (non-hydrogen) atoms. The van der Waals surface area contributed by atoms with E-state index in [1.165, 1.54) is 18.7 Å². The first-order valence-electron chi connectivity index (χ1n) is 8.51. The van der Waals surface area contributed by atoms with Crippen LogP contribution in [0.4, 0.5) is 5.69 Å². The van der Waals surface area contributed by atoms with Gasteiger partial charge in [0.05, 0.1) is 22.8 Å². The Hall–Kier alpha value is -2.44. The van der Waals surface area contributed by atoms with E-state index in [0.29, 0.717) is 23.0 Å². The van der Waals surface area contributed by atoms with Gasteiger partial charge in [0.25, 0.3) is 5.69 Å². The molecule has 1 aliphatic heterocycles. The summed E-state index contributed by atoms with van der Waals surface area (Å²) in [5, 5.41) is 19.9. The van der Waals surface area contributed by atoms with E-state index >= 15 is 0 Å². The number of ether oxygens (including phenoxy) is 2. The molecule has 7 nitrogen and oxygen atoms in total. The Labute approximate surface area is 145 Å². The van der Waals surface area contributed by atoms with Crippen LogP contribution in [0.2, 0.25) is 0 Å². The molecule has 0 amide bonds. The molecule has 7 heteroatoms. The molecule has 0 radical (unpaired) electrons. The summed E-state index contributed by atoms with van der Waals surface area (Å²) in [5.74, 6) is 1.52. The molecule has 1 heterocycles. The van der Waals surface area contributed by atoms with Gasteiger partial charge in [-0.25, -0.2) is 0 Å². The fourth-order valence-corrected chi connectivity index (χ4v) is 4.45. The van der Waals surface area contributed by atoms with Crippen molar-refractivity contribution >= 4 is 17.6 Å². The predicted molar refractivity (Wildman–Crippen MR) is 93.5 cm³/mol. The minimum absolute atomic E-state index is 0.0623. The van der Waals surface area contributed by atoms with Crippen LogP contribution in [0.15, 0.2) is 22.3 Å². The van der Waals surface area contributed by atoms with Crippen LogP contribution in [-0.2, 0) is 0 Å². The first-order valence-corrected chi connectivity index (χ1v) is 8.51. The lowest BCUT2D eigenvalue weighted by Gasteiger charge is -2.34. The summed E-state index contributed by atoms with van der Waals surface area (Å²) in [6, 6.07) is 2.95. The van der Waals surface area contributed by atoms with Crippen molar-refractivity contribution in [2.45, 2.75) is 40.0 Å². The molecule has 0 spiro atoms. The van der Waals surface area contributed by atoms with Crippen LogP contribution in [0.3, 0.4) is 0 Å². The highest BCUT2D eigenvalue weighted by molar-refractivity contribution is 5.95. The van der Waals surface area contributed by atoms with Crippen LogP contribution < -0.4 is 9.47 Å². The third kappa shape index (κ3) is 2.25. The quantitative estimate of drug-likeness (QED) is 0.472. The molecule has 1 aromatic carbocycles. The predicted octanol–water partition coefficient (Wildman–Crippen LogP) is 3.94. The van der Waals surface area contributed by atoms with Gasteiger partial charge in [-0.05, 0) is 36.7 Å². The summed E-state index contributed by atoms with van der Waals surface area (Å²) in [7, 11) is 0. The van der Waals surface area contributed by atoms with Crippen LogP contribution in [-0.4, -0.2) is 23.6 Å². The summed E-state index contributed by atoms with van der Waals surface area (Å²) >= 11 is 0. The van der Waals surface area contributed by atoms with E-state index in [9.17, 15) is 10.1 Å². The Morgan fingerprint density at radius 1 is 1.28 bits per heavy atom. The van der Waals surface area contributed by atoms with Crippen molar-refractivity contribution in [2.75, 3.05) is 6.79 Å². The molecule has 1 aromatic rings. The van der Waals surface area contributed by atoms with Crippen LogP contribution in [0, 0.1) is 26.9 Å². The van der Waals surface area contributed by atoms with Crippen molar-refractivity contribution in [3.63, 3.8) is 0 Å². The number of hydrogen-bond donors (Lipinski definition) is 0. The van der Waals surface area contributed by atoms with Crippen molar-refractivity contribution in [2.24, 2.45) is 27.0 Å². The Morgan fingerprint density at radius 2 is 2.00 bits per heavy atom. The molecule has 2 bridgehead atoms. The Morgan fingerprint density at radius 3 is 2.60 bits per heavy atom. The second-order valence-electron chi connectivity index (χ2n) is 7.81. The van der Waals surface area contributed by atoms with E-state index < -0.39 is 4.92 Å². The van der Waals surface area contributed by atoms with E-state index in [1.807, 2.05) is 0 Å². The van der Waals surface area contributed by atoms with Crippen molar-refractivity contribution in [1.82, 2.24) is 0 Å². The average molecular weight is 343 g/mol. The van der Waals surface area contributed by atoms with Crippen LogP contribution in [0.25, 0.3) is 0 Å². The topological polar surface area (TPSA) is 86.3 Å². The van der Waals surface area contributed by atoms with Crippen molar-refractivity contribution in [3.05, 3.63) is 27.8 Å². The van der Waals surface area contributed by atoms with E-state index in [1.54, 1.807) is 6.07 Å². The van der Waals surface area contributed by atoms with Gasteiger partial charge in [0.1, 0.15) is 0 Å². The maximum Gasteiger partial charge on any atom is 0.282 e. The van der Waals surface area contributed by atoms with E-state index in [2.05, 4.69) is 31.0 Å². The zero-order valence-electron chi connectivity index (χ0n) is 14.6. The number of nitro groups is 1. The third-order valence-corrected chi connectivity index (χ3v) is 6.61. The molecule has 2 fully saturated rings. The summed E-state index contributed by atoms with van der Waals surface area (Å²) in [6.07, 6.45) is 4.77. The van der Waals surface area contributed by atoms with E-state index in [-0.39, 0.29) is 23.3 Å². The lowest BCUT2D eigenvalue weighted by atomic mass is 9.70. The van der Waals surface area contributed by atoms with Crippen LogP contribution >= 0.6 is 0 Å². The SMILES string of the molecule is CC1(C)[C@H]2CC[C@]1(C)/C(=N/N=C\c1cc3c(cc1[N+](=O)[O-])OCO3)C2. The Balaban J connectivity index is 1.64. The summed E-state index contributed by atoms with van der Waals surface area (Å²) in [5.41, 5.74) is 1.70. The molecule has 0 saturated heterocycles. The van der Waals surface area contributed by atoms with Gasteiger partial charge in [-0.3, -0.25) is 10.1 Å². The molecule has 2 saturated carbocycles. The summed E-state index contributed by atoms with van der Waals surface area (Å²) in [6.45, 7) is 6.95. The van der Waals surface area contributed by atoms with Gasteiger partial charge in [0.15, 0.2) is 11.5 Å². The van der Waals surface area contributed by atoms with Gasteiger partial charge in [0, 0.05) is 11.1 Å². The Bertz CT molecular complexity index is 815. The molecular formula is C18H21N3O4. The molecule has 3 aliphatic rings. The zero-order valence-corrected chi connectivity index (χ0v) is 14.6. The Kier molecular flexibility index (Phi) is 3.39. The van der Waals surface area contributed by atoms with Crippen LogP contribution in [0.1, 0.15) is 45.6 Å². The normalized spacial score (nSPS) is 30.5. The van der Waals surface area contributed by atoms with Gasteiger partial charge >= 0.3 is 0 Å². The minimum atomic E-state index is -0.446. The summed E-state index contributed by atoms with van der Waals surface area (Å²) in [4.78, 5) is 10.8. The smallest absolute Gasteiger partial charge is 0.282 e. The fraction of sp³-hybridized carbons (Fsp3) is 0.556. The van der Waals surface area contributed by atoms with Gasteiger partial charge in [-0.15, -0.1) is 0 Å². The zero-order chi connectivity index (χ0) is 17.8. The molecule has 4 rings (SSSR count). The standard InChI is InChI=1S/C18H21N3O4/c1-17(2)12-4-5-18(17,3)16(7-12)20-19-9-11-6-14-15(25-10-24-14)8-13(11)21(22)23/h6,8-9,12H,4-5,7,10H2,1-3H3/b19-9-,20-16+/t12-,18+/m0/s1. The third-order valence-electron chi connectivity index (χ3n) is 6.61. The molecule has 0 N–H and O–H groups in total. The average Bonchev–Trinajstić information content (AvgIpc) is 3.15. The van der Waals surface area contributed by atoms with Crippen molar-refractivity contribution in [1.29, 1.82) is 0 Å². The largest absolute Gasteiger partial charge is 0.454 e. The number of hydrogen-bond acceptors (Lipinski definition) is 6. The van der Waals surface area contributed by atoms with Gasteiger partial charge in [-0.1, -0.05) is 20.8 Å². The molecular weight excluding hydrogens is 322 g/mol. The first kappa shape index (κ1) is 16.1. The van der Waals surface area contributed by atoms with Gasteiger partial charge in [-0.2, -0.15) is 10.2 Å². The van der Waals surface area contributed by atoms with Gasteiger partial charge < -0.3 is 9.47 Å². The highest BCUT2D eigenvalue weighted by Gasteiger charge is 2.59. The maximum atomic E-state index is 11.3.